The molecule has 0 saturated carbocycles. The van der Waals surface area contributed by atoms with Gasteiger partial charge >= 0.3 is 0 Å². The smallest absolute Gasteiger partial charge is 0.253 e. The van der Waals surface area contributed by atoms with Gasteiger partial charge in [-0.25, -0.2) is 8.42 Å². The fraction of sp³-hybridized carbons (Fsp3) is 0.417. The highest BCUT2D eigenvalue weighted by Crippen LogP contribution is 2.19. The van der Waals surface area contributed by atoms with Gasteiger partial charge in [0.2, 0.25) is 0 Å². The number of anilines is 1. The van der Waals surface area contributed by atoms with Gasteiger partial charge in [0.05, 0.1) is 18.4 Å². The van der Waals surface area contributed by atoms with E-state index in [2.05, 4.69) is 5.32 Å². The highest BCUT2D eigenvalue weighted by Gasteiger charge is 2.10. The van der Waals surface area contributed by atoms with E-state index >= 15 is 0 Å². The second-order valence-electron chi connectivity index (χ2n) is 4.19. The number of rotatable bonds is 6. The molecule has 0 aromatic heterocycles. The van der Waals surface area contributed by atoms with Crippen LogP contribution in [0.3, 0.4) is 0 Å². The zero-order chi connectivity index (χ0) is 14.5. The zero-order valence-corrected chi connectivity index (χ0v) is 11.8. The first-order valence-electron chi connectivity index (χ1n) is 5.73. The standard InChI is InChI=1S/C12H18N2O4S/c1-18-9-4-5-10(11(13)8-9)12(15)14-6-3-7-19(2,16)17/h4-5,8H,3,6-7,13H2,1-2H3,(H,14,15). The molecular weight excluding hydrogens is 268 g/mol. The predicted molar refractivity (Wildman–Crippen MR) is 74.1 cm³/mol. The Morgan fingerprint density at radius 2 is 2.11 bits per heavy atom. The second kappa shape index (κ2) is 6.42. The number of methoxy groups -OCH3 is 1. The van der Waals surface area contributed by atoms with E-state index < -0.39 is 9.84 Å². The van der Waals surface area contributed by atoms with Gasteiger partial charge in [-0.1, -0.05) is 0 Å². The van der Waals surface area contributed by atoms with Crippen LogP contribution in [0.4, 0.5) is 5.69 Å². The lowest BCUT2D eigenvalue weighted by molar-refractivity contribution is 0.0954. The number of sulfone groups is 1. The first kappa shape index (κ1) is 15.3. The van der Waals surface area contributed by atoms with Crippen LogP contribution in [0, 0.1) is 0 Å². The predicted octanol–water partition coefficient (Wildman–Crippen LogP) is 0.442. The third kappa shape index (κ3) is 5.17. The van der Waals surface area contributed by atoms with Crippen molar-refractivity contribution in [2.45, 2.75) is 6.42 Å². The summed E-state index contributed by atoms with van der Waals surface area (Å²) >= 11 is 0. The Morgan fingerprint density at radius 3 is 2.63 bits per heavy atom. The first-order valence-corrected chi connectivity index (χ1v) is 7.79. The molecular formula is C12H18N2O4S. The molecule has 0 heterocycles. The van der Waals surface area contributed by atoms with Crippen LogP contribution in [0.2, 0.25) is 0 Å². The summed E-state index contributed by atoms with van der Waals surface area (Å²) in [5.41, 5.74) is 6.40. The van der Waals surface area contributed by atoms with Crippen LogP contribution in [-0.2, 0) is 9.84 Å². The number of nitrogens with two attached hydrogens (primary N) is 1. The van der Waals surface area contributed by atoms with E-state index in [9.17, 15) is 13.2 Å². The Morgan fingerprint density at radius 1 is 1.42 bits per heavy atom. The van der Waals surface area contributed by atoms with Crippen LogP contribution in [-0.4, -0.2) is 40.0 Å². The van der Waals surface area contributed by atoms with Crippen molar-refractivity contribution >= 4 is 21.4 Å². The molecule has 0 bridgehead atoms. The second-order valence-corrected chi connectivity index (χ2v) is 6.45. The lowest BCUT2D eigenvalue weighted by atomic mass is 10.1. The lowest BCUT2D eigenvalue weighted by Gasteiger charge is -2.08. The molecule has 1 rings (SSSR count). The van der Waals surface area contributed by atoms with Crippen molar-refractivity contribution in [3.63, 3.8) is 0 Å². The van der Waals surface area contributed by atoms with E-state index in [1.54, 1.807) is 18.2 Å². The fourth-order valence-corrected chi connectivity index (χ4v) is 2.17. The average Bonchev–Trinajstić information content (AvgIpc) is 2.33. The molecule has 1 amide bonds. The van der Waals surface area contributed by atoms with Crippen LogP contribution >= 0.6 is 0 Å². The summed E-state index contributed by atoms with van der Waals surface area (Å²) in [5.74, 6) is 0.297. The van der Waals surface area contributed by atoms with Crippen molar-refractivity contribution in [3.8, 4) is 5.75 Å². The van der Waals surface area contributed by atoms with Gasteiger partial charge < -0.3 is 15.8 Å². The summed E-state index contributed by atoms with van der Waals surface area (Å²) in [7, 11) is -1.48. The van der Waals surface area contributed by atoms with Crippen molar-refractivity contribution < 1.29 is 17.9 Å². The van der Waals surface area contributed by atoms with Crippen molar-refractivity contribution in [2.24, 2.45) is 0 Å². The van der Waals surface area contributed by atoms with Crippen molar-refractivity contribution in [1.29, 1.82) is 0 Å². The van der Waals surface area contributed by atoms with Crippen LogP contribution < -0.4 is 15.8 Å². The number of carbonyl (C=O) groups excluding carboxylic acids is 1. The molecule has 0 aliphatic heterocycles. The molecule has 19 heavy (non-hydrogen) atoms. The zero-order valence-electron chi connectivity index (χ0n) is 11.0. The summed E-state index contributed by atoms with van der Waals surface area (Å²) in [4.78, 5) is 11.8. The summed E-state index contributed by atoms with van der Waals surface area (Å²) in [6.45, 7) is 0.289. The van der Waals surface area contributed by atoms with Gasteiger partial charge in [-0.2, -0.15) is 0 Å². The monoisotopic (exact) mass is 286 g/mol. The quantitative estimate of drug-likeness (QED) is 0.584. The number of nitrogens with one attached hydrogen (secondary N) is 1. The largest absolute Gasteiger partial charge is 0.497 e. The molecule has 1 aromatic carbocycles. The third-order valence-electron chi connectivity index (χ3n) is 2.48. The fourth-order valence-electron chi connectivity index (χ4n) is 1.51. The van der Waals surface area contributed by atoms with Crippen LogP contribution in [0.5, 0.6) is 5.75 Å². The van der Waals surface area contributed by atoms with E-state index in [-0.39, 0.29) is 18.2 Å². The Balaban J connectivity index is 2.54. The summed E-state index contributed by atoms with van der Waals surface area (Å²) < 4.78 is 26.8. The number of hydrogen-bond acceptors (Lipinski definition) is 5. The third-order valence-corrected chi connectivity index (χ3v) is 3.51. The Kier molecular flexibility index (Phi) is 5.17. The number of carbonyl (C=O) groups is 1. The summed E-state index contributed by atoms with van der Waals surface area (Å²) in [5, 5.41) is 2.63. The number of nitrogen functional groups attached to an aromatic ring is 1. The average molecular weight is 286 g/mol. The highest BCUT2D eigenvalue weighted by molar-refractivity contribution is 7.90. The van der Waals surface area contributed by atoms with Crippen molar-refractivity contribution in [3.05, 3.63) is 23.8 Å². The maximum atomic E-state index is 11.8. The van der Waals surface area contributed by atoms with Crippen LogP contribution in [0.1, 0.15) is 16.8 Å². The van der Waals surface area contributed by atoms with E-state index in [0.29, 0.717) is 23.4 Å². The molecule has 0 fully saturated rings. The van der Waals surface area contributed by atoms with Gasteiger partial charge in [-0.3, -0.25) is 4.79 Å². The molecule has 0 atom stereocenters. The minimum Gasteiger partial charge on any atom is -0.497 e. The molecule has 0 unspecified atom stereocenters. The molecule has 0 saturated heterocycles. The Hall–Kier alpha value is -1.76. The van der Waals surface area contributed by atoms with Gasteiger partial charge in [0.15, 0.2) is 0 Å². The normalized spacial score (nSPS) is 11.1. The van der Waals surface area contributed by atoms with Gasteiger partial charge in [-0.15, -0.1) is 0 Å². The molecule has 7 heteroatoms. The molecule has 106 valence electrons. The summed E-state index contributed by atoms with van der Waals surface area (Å²) in [6, 6.07) is 4.77. The SMILES string of the molecule is COc1ccc(C(=O)NCCCS(C)(=O)=O)c(N)c1. The minimum atomic E-state index is -3.00. The number of amides is 1. The first-order chi connectivity index (χ1) is 8.83. The summed E-state index contributed by atoms with van der Waals surface area (Å²) in [6.07, 6.45) is 1.54. The molecule has 0 radical (unpaired) electrons. The number of hydrogen-bond donors (Lipinski definition) is 2. The van der Waals surface area contributed by atoms with E-state index in [0.717, 1.165) is 6.26 Å². The molecule has 1 aromatic rings. The molecule has 6 nitrogen and oxygen atoms in total. The van der Waals surface area contributed by atoms with E-state index in [4.69, 9.17) is 10.5 Å². The Labute approximate surface area is 112 Å². The van der Waals surface area contributed by atoms with Gasteiger partial charge in [0.1, 0.15) is 15.6 Å². The molecule has 3 N–H and O–H groups in total. The number of benzene rings is 1. The molecule has 0 spiro atoms. The van der Waals surface area contributed by atoms with Crippen LogP contribution in [0.25, 0.3) is 0 Å². The number of ether oxygens (including phenoxy) is 1. The highest BCUT2D eigenvalue weighted by atomic mass is 32.2. The molecule has 0 aliphatic carbocycles. The van der Waals surface area contributed by atoms with E-state index in [1.807, 2.05) is 0 Å². The van der Waals surface area contributed by atoms with Crippen LogP contribution in [0.15, 0.2) is 18.2 Å². The topological polar surface area (TPSA) is 98.5 Å². The molecule has 0 aliphatic rings. The van der Waals surface area contributed by atoms with Gasteiger partial charge in [-0.05, 0) is 18.6 Å². The van der Waals surface area contributed by atoms with Gasteiger partial charge in [0.25, 0.3) is 5.91 Å². The van der Waals surface area contributed by atoms with Crippen molar-refractivity contribution in [1.82, 2.24) is 5.32 Å². The lowest BCUT2D eigenvalue weighted by Crippen LogP contribution is -2.26. The minimum absolute atomic E-state index is 0.0470. The Bertz CT molecular complexity index is 555. The maximum Gasteiger partial charge on any atom is 0.253 e. The maximum absolute atomic E-state index is 11.8. The van der Waals surface area contributed by atoms with Gasteiger partial charge in [0, 0.05) is 24.6 Å². The van der Waals surface area contributed by atoms with E-state index in [1.165, 1.54) is 7.11 Å². The van der Waals surface area contributed by atoms with Crippen molar-refractivity contribution in [2.75, 3.05) is 31.4 Å².